The molecule has 0 radical (unpaired) electrons. The Morgan fingerprint density at radius 2 is 2.06 bits per heavy atom. The first-order valence-corrected chi connectivity index (χ1v) is 7.03. The van der Waals surface area contributed by atoms with Gasteiger partial charge in [0.15, 0.2) is 0 Å². The second-order valence-electron chi connectivity index (χ2n) is 4.81. The maximum Gasteiger partial charge on any atom is 0.392 e. The fraction of sp³-hybridized carbons (Fsp3) is 0.615. The Labute approximate surface area is 108 Å². The van der Waals surface area contributed by atoms with Crippen LogP contribution in [0.15, 0.2) is 16.8 Å². The van der Waals surface area contributed by atoms with Crippen molar-refractivity contribution in [2.45, 2.75) is 38.3 Å². The maximum atomic E-state index is 12.9. The van der Waals surface area contributed by atoms with Gasteiger partial charge in [-0.1, -0.05) is 12.8 Å². The average Bonchev–Trinajstić information content (AvgIpc) is 2.80. The van der Waals surface area contributed by atoms with Gasteiger partial charge in [0, 0.05) is 12.3 Å². The molecule has 2 unspecified atom stereocenters. The Kier molecular flexibility index (Phi) is 4.10. The van der Waals surface area contributed by atoms with E-state index < -0.39 is 18.0 Å². The molecule has 18 heavy (non-hydrogen) atoms. The molecule has 5 heteroatoms. The van der Waals surface area contributed by atoms with Crippen molar-refractivity contribution in [2.75, 3.05) is 0 Å². The zero-order valence-electron chi connectivity index (χ0n) is 9.87. The van der Waals surface area contributed by atoms with E-state index in [4.69, 9.17) is 0 Å². The molecule has 100 valence electrons. The Balaban J connectivity index is 2.06. The quantitative estimate of drug-likeness (QED) is 0.807. The number of alkyl halides is 3. The van der Waals surface area contributed by atoms with Crippen molar-refractivity contribution in [1.82, 2.24) is 0 Å². The van der Waals surface area contributed by atoms with Crippen LogP contribution in [0.2, 0.25) is 0 Å². The Morgan fingerprint density at radius 3 is 2.67 bits per heavy atom. The molecule has 2 atom stereocenters. The standard InChI is InChI=1S/C13H15F3OS/c14-13(15,16)11-4-2-1-3-10(11)12(17)7-9-5-6-18-8-9/h5-6,8,10-11H,1-4,7H2. The van der Waals surface area contributed by atoms with Crippen LogP contribution in [-0.2, 0) is 11.2 Å². The summed E-state index contributed by atoms with van der Waals surface area (Å²) in [6.45, 7) is 0. The van der Waals surface area contributed by atoms with Gasteiger partial charge < -0.3 is 0 Å². The van der Waals surface area contributed by atoms with Crippen molar-refractivity contribution in [2.24, 2.45) is 11.8 Å². The van der Waals surface area contributed by atoms with Crippen LogP contribution in [0.3, 0.4) is 0 Å². The van der Waals surface area contributed by atoms with Gasteiger partial charge in [-0.25, -0.2) is 0 Å². The molecule has 1 heterocycles. The van der Waals surface area contributed by atoms with Crippen molar-refractivity contribution >= 4 is 17.1 Å². The molecule has 0 N–H and O–H groups in total. The van der Waals surface area contributed by atoms with Gasteiger partial charge in [0.2, 0.25) is 0 Å². The molecule has 0 aromatic carbocycles. The average molecular weight is 276 g/mol. The second-order valence-corrected chi connectivity index (χ2v) is 5.59. The summed E-state index contributed by atoms with van der Waals surface area (Å²) >= 11 is 1.46. The summed E-state index contributed by atoms with van der Waals surface area (Å²) in [5, 5.41) is 3.66. The molecule has 1 fully saturated rings. The highest BCUT2D eigenvalue weighted by Gasteiger charge is 2.47. The summed E-state index contributed by atoms with van der Waals surface area (Å²) in [5.74, 6) is -2.52. The largest absolute Gasteiger partial charge is 0.392 e. The first-order valence-electron chi connectivity index (χ1n) is 6.09. The lowest BCUT2D eigenvalue weighted by atomic mass is 9.75. The summed E-state index contributed by atoms with van der Waals surface area (Å²) < 4.78 is 38.6. The predicted octanol–water partition coefficient (Wildman–Crippen LogP) is 4.23. The van der Waals surface area contributed by atoms with Crippen molar-refractivity contribution in [3.63, 3.8) is 0 Å². The number of Topliss-reactive ketones (excluding diaryl/α,β-unsaturated/α-hetero) is 1. The summed E-state index contributed by atoms with van der Waals surface area (Å²) in [7, 11) is 0. The number of ketones is 1. The van der Waals surface area contributed by atoms with Gasteiger partial charge in [0.05, 0.1) is 5.92 Å². The number of halogens is 3. The predicted molar refractivity (Wildman–Crippen MR) is 64.5 cm³/mol. The second kappa shape index (κ2) is 5.43. The number of hydrogen-bond acceptors (Lipinski definition) is 2. The molecule has 0 amide bonds. The van der Waals surface area contributed by atoms with E-state index in [1.54, 1.807) is 6.07 Å². The number of carbonyl (C=O) groups is 1. The molecule has 0 saturated heterocycles. The van der Waals surface area contributed by atoms with E-state index >= 15 is 0 Å². The van der Waals surface area contributed by atoms with Crippen molar-refractivity contribution in [1.29, 1.82) is 0 Å². The lowest BCUT2D eigenvalue weighted by molar-refractivity contribution is -0.197. The van der Waals surface area contributed by atoms with E-state index in [0.29, 0.717) is 12.8 Å². The number of carbonyl (C=O) groups excluding carboxylic acids is 1. The Morgan fingerprint density at radius 1 is 1.33 bits per heavy atom. The molecule has 1 nitrogen and oxygen atoms in total. The molecular formula is C13H15F3OS. The molecule has 1 aliphatic carbocycles. The van der Waals surface area contributed by atoms with Gasteiger partial charge in [0.1, 0.15) is 5.78 Å². The zero-order chi connectivity index (χ0) is 13.2. The number of thiophene rings is 1. The molecule has 0 spiro atoms. The van der Waals surface area contributed by atoms with Crippen molar-refractivity contribution < 1.29 is 18.0 Å². The van der Waals surface area contributed by atoms with Gasteiger partial charge in [0.25, 0.3) is 0 Å². The summed E-state index contributed by atoms with van der Waals surface area (Å²) in [6, 6.07) is 1.80. The van der Waals surface area contributed by atoms with Gasteiger partial charge >= 0.3 is 6.18 Å². The van der Waals surface area contributed by atoms with Crippen LogP contribution in [-0.4, -0.2) is 12.0 Å². The monoisotopic (exact) mass is 276 g/mol. The molecule has 2 rings (SSSR count). The van der Waals surface area contributed by atoms with E-state index in [2.05, 4.69) is 0 Å². The fourth-order valence-corrected chi connectivity index (χ4v) is 3.30. The highest BCUT2D eigenvalue weighted by molar-refractivity contribution is 7.07. The molecule has 0 bridgehead atoms. The van der Waals surface area contributed by atoms with Crippen LogP contribution in [0.4, 0.5) is 13.2 Å². The zero-order valence-corrected chi connectivity index (χ0v) is 10.7. The van der Waals surface area contributed by atoms with E-state index in [1.807, 2.05) is 10.8 Å². The first kappa shape index (κ1) is 13.6. The van der Waals surface area contributed by atoms with Crippen LogP contribution in [0.5, 0.6) is 0 Å². The normalized spacial score (nSPS) is 25.1. The molecule has 1 saturated carbocycles. The van der Waals surface area contributed by atoms with Crippen molar-refractivity contribution in [3.05, 3.63) is 22.4 Å². The van der Waals surface area contributed by atoms with E-state index in [1.165, 1.54) is 11.3 Å². The minimum Gasteiger partial charge on any atom is -0.299 e. The Hall–Kier alpha value is -0.840. The highest BCUT2D eigenvalue weighted by atomic mass is 32.1. The Bertz CT molecular complexity index is 397. The summed E-state index contributed by atoms with van der Waals surface area (Å²) in [5.41, 5.74) is 0.830. The number of hydrogen-bond donors (Lipinski definition) is 0. The smallest absolute Gasteiger partial charge is 0.299 e. The van der Waals surface area contributed by atoms with Gasteiger partial charge in [-0.3, -0.25) is 4.79 Å². The minimum atomic E-state index is -4.24. The van der Waals surface area contributed by atoms with Crippen LogP contribution in [0.1, 0.15) is 31.2 Å². The minimum absolute atomic E-state index is 0.101. The van der Waals surface area contributed by atoms with E-state index in [9.17, 15) is 18.0 Å². The topological polar surface area (TPSA) is 17.1 Å². The molecule has 0 aliphatic heterocycles. The highest BCUT2D eigenvalue weighted by Crippen LogP contribution is 2.42. The van der Waals surface area contributed by atoms with Crippen LogP contribution >= 0.6 is 11.3 Å². The van der Waals surface area contributed by atoms with Crippen molar-refractivity contribution in [3.8, 4) is 0 Å². The van der Waals surface area contributed by atoms with Crippen LogP contribution in [0, 0.1) is 11.8 Å². The SMILES string of the molecule is O=C(Cc1ccsc1)C1CCCCC1C(F)(F)F. The molecular weight excluding hydrogens is 261 g/mol. The summed E-state index contributed by atoms with van der Waals surface area (Å²) in [6.07, 6.45) is -2.31. The van der Waals surface area contributed by atoms with E-state index in [0.717, 1.165) is 12.0 Å². The molecule has 1 aromatic rings. The van der Waals surface area contributed by atoms with Gasteiger partial charge in [-0.05, 0) is 35.2 Å². The fourth-order valence-electron chi connectivity index (χ4n) is 2.63. The molecule has 1 aromatic heterocycles. The molecule has 1 aliphatic rings. The number of rotatable bonds is 3. The van der Waals surface area contributed by atoms with Gasteiger partial charge in [-0.15, -0.1) is 0 Å². The third-order valence-electron chi connectivity index (χ3n) is 3.56. The maximum absolute atomic E-state index is 12.9. The summed E-state index contributed by atoms with van der Waals surface area (Å²) in [4.78, 5) is 12.0. The first-order chi connectivity index (χ1) is 8.48. The lowest BCUT2D eigenvalue weighted by Crippen LogP contribution is -2.37. The third kappa shape index (κ3) is 3.13. The lowest BCUT2D eigenvalue weighted by Gasteiger charge is -2.31. The third-order valence-corrected chi connectivity index (χ3v) is 4.29. The van der Waals surface area contributed by atoms with Gasteiger partial charge in [-0.2, -0.15) is 24.5 Å². The van der Waals surface area contributed by atoms with Crippen LogP contribution < -0.4 is 0 Å². The van der Waals surface area contributed by atoms with E-state index in [-0.39, 0.29) is 18.6 Å². The van der Waals surface area contributed by atoms with Crippen LogP contribution in [0.25, 0.3) is 0 Å².